The smallest absolute Gasteiger partial charge is 0.267 e. The van der Waals surface area contributed by atoms with Crippen LogP contribution in [0.2, 0.25) is 0 Å². The van der Waals surface area contributed by atoms with Crippen LogP contribution in [-0.2, 0) is 14.3 Å². The summed E-state index contributed by atoms with van der Waals surface area (Å²) in [6.45, 7) is 9.28. The topological polar surface area (TPSA) is 43.4 Å². The summed E-state index contributed by atoms with van der Waals surface area (Å²) in [4.78, 5) is 0.326. The van der Waals surface area contributed by atoms with Gasteiger partial charge >= 0.3 is 0 Å². The first-order chi connectivity index (χ1) is 7.31. The monoisotopic (exact) mass is 242 g/mol. The van der Waals surface area contributed by atoms with Gasteiger partial charge in [-0.15, -0.1) is 0 Å². The van der Waals surface area contributed by atoms with E-state index in [1.807, 2.05) is 33.8 Å². The Morgan fingerprint density at radius 3 is 1.88 bits per heavy atom. The molecule has 3 nitrogen and oxygen atoms in total. The van der Waals surface area contributed by atoms with Crippen molar-refractivity contribution in [1.29, 1.82) is 0 Å². The van der Waals surface area contributed by atoms with Crippen LogP contribution in [0.3, 0.4) is 0 Å². The fraction of sp³-hybridized carbons (Fsp3) is 0.500. The Kier molecular flexibility index (Phi) is 3.76. The van der Waals surface area contributed by atoms with Crippen molar-refractivity contribution in [2.45, 2.75) is 39.5 Å². The number of rotatable bonds is 3. The molecule has 0 N–H and O–H groups in total. The van der Waals surface area contributed by atoms with Gasteiger partial charge in [0.25, 0.3) is 10.1 Å². The Bertz CT molecular complexity index is 475. The van der Waals surface area contributed by atoms with Gasteiger partial charge in [0.15, 0.2) is 0 Å². The lowest BCUT2D eigenvalue weighted by Crippen LogP contribution is -2.11. The molecule has 0 aromatic heterocycles. The molecule has 1 rings (SSSR count). The number of hydrogen-bond donors (Lipinski definition) is 0. The highest BCUT2D eigenvalue weighted by Crippen LogP contribution is 2.27. The third kappa shape index (κ3) is 2.28. The van der Waals surface area contributed by atoms with E-state index < -0.39 is 10.1 Å². The molecule has 0 aliphatic rings. The third-order valence-electron chi connectivity index (χ3n) is 2.82. The predicted octanol–water partition coefficient (Wildman–Crippen LogP) is 2.65. The van der Waals surface area contributed by atoms with E-state index in [0.717, 1.165) is 22.3 Å². The van der Waals surface area contributed by atoms with Crippen LogP contribution in [0.1, 0.15) is 29.2 Å². The highest BCUT2D eigenvalue weighted by atomic mass is 32.2. The molecule has 0 amide bonds. The second kappa shape index (κ2) is 4.55. The molecule has 0 spiro atoms. The average Bonchev–Trinajstić information content (AvgIpc) is 2.14. The van der Waals surface area contributed by atoms with Crippen molar-refractivity contribution in [2.75, 3.05) is 6.61 Å². The molecule has 0 fully saturated rings. The molecule has 0 heterocycles. The summed E-state index contributed by atoms with van der Waals surface area (Å²) < 4.78 is 28.8. The zero-order valence-corrected chi connectivity index (χ0v) is 11.2. The molecule has 16 heavy (non-hydrogen) atoms. The summed E-state index contributed by atoms with van der Waals surface area (Å²) >= 11 is 0. The van der Waals surface area contributed by atoms with Crippen LogP contribution >= 0.6 is 0 Å². The highest BCUT2D eigenvalue weighted by molar-refractivity contribution is 7.86. The highest BCUT2D eigenvalue weighted by Gasteiger charge is 2.22. The van der Waals surface area contributed by atoms with Crippen LogP contribution in [-0.4, -0.2) is 15.0 Å². The van der Waals surface area contributed by atoms with E-state index >= 15 is 0 Å². The standard InChI is InChI=1S/C12H18O3S/c1-6-15-16(13,14)12-10(4)8(2)7-9(3)11(12)5/h7H,6H2,1-5H3. The fourth-order valence-electron chi connectivity index (χ4n) is 1.77. The average molecular weight is 242 g/mol. The summed E-state index contributed by atoms with van der Waals surface area (Å²) in [5, 5.41) is 0. The minimum atomic E-state index is -3.62. The van der Waals surface area contributed by atoms with Crippen molar-refractivity contribution in [3.05, 3.63) is 28.3 Å². The molecule has 0 aliphatic heterocycles. The molecule has 0 saturated heterocycles. The molecular weight excluding hydrogens is 224 g/mol. The van der Waals surface area contributed by atoms with Gasteiger partial charge in [0, 0.05) is 0 Å². The van der Waals surface area contributed by atoms with Crippen molar-refractivity contribution in [3.63, 3.8) is 0 Å². The lowest BCUT2D eigenvalue weighted by atomic mass is 10.0. The number of aryl methyl sites for hydroxylation is 2. The second-order valence-corrected chi connectivity index (χ2v) is 5.50. The first kappa shape index (κ1) is 13.2. The van der Waals surface area contributed by atoms with Crippen molar-refractivity contribution < 1.29 is 12.6 Å². The summed E-state index contributed by atoms with van der Waals surface area (Å²) in [5.74, 6) is 0. The lowest BCUT2D eigenvalue weighted by molar-refractivity contribution is 0.337. The second-order valence-electron chi connectivity index (χ2n) is 3.95. The largest absolute Gasteiger partial charge is 0.297 e. The van der Waals surface area contributed by atoms with Gasteiger partial charge < -0.3 is 0 Å². The first-order valence-electron chi connectivity index (χ1n) is 5.28. The van der Waals surface area contributed by atoms with E-state index in [9.17, 15) is 8.42 Å². The predicted molar refractivity (Wildman–Crippen MR) is 64.2 cm³/mol. The molecule has 1 aromatic rings. The maximum atomic E-state index is 12.0. The summed E-state index contributed by atoms with van der Waals surface area (Å²) in [5.41, 5.74) is 3.50. The molecule has 90 valence electrons. The maximum Gasteiger partial charge on any atom is 0.297 e. The van der Waals surface area contributed by atoms with Crippen molar-refractivity contribution in [3.8, 4) is 0 Å². The van der Waals surface area contributed by atoms with Crippen LogP contribution in [0.4, 0.5) is 0 Å². The van der Waals surface area contributed by atoms with Crippen LogP contribution in [0, 0.1) is 27.7 Å². The molecule has 0 radical (unpaired) electrons. The van der Waals surface area contributed by atoms with Gasteiger partial charge in [-0.2, -0.15) is 8.42 Å². The quantitative estimate of drug-likeness (QED) is 0.765. The SMILES string of the molecule is CCOS(=O)(=O)c1c(C)c(C)cc(C)c1C. The Labute approximate surface area is 97.6 Å². The van der Waals surface area contributed by atoms with Crippen molar-refractivity contribution in [2.24, 2.45) is 0 Å². The zero-order chi connectivity index (χ0) is 12.5. The fourth-order valence-corrected chi connectivity index (χ4v) is 3.27. The van der Waals surface area contributed by atoms with E-state index in [1.165, 1.54) is 0 Å². The van der Waals surface area contributed by atoms with Crippen LogP contribution < -0.4 is 0 Å². The Morgan fingerprint density at radius 2 is 1.50 bits per heavy atom. The number of hydrogen-bond acceptors (Lipinski definition) is 3. The van der Waals surface area contributed by atoms with E-state index in [0.29, 0.717) is 4.90 Å². The van der Waals surface area contributed by atoms with Gasteiger partial charge in [0.05, 0.1) is 6.61 Å². The van der Waals surface area contributed by atoms with Gasteiger partial charge in [-0.1, -0.05) is 6.07 Å². The first-order valence-corrected chi connectivity index (χ1v) is 6.69. The summed E-state index contributed by atoms with van der Waals surface area (Å²) in [7, 11) is -3.62. The van der Waals surface area contributed by atoms with Crippen molar-refractivity contribution in [1.82, 2.24) is 0 Å². The van der Waals surface area contributed by atoms with E-state index in [-0.39, 0.29) is 6.61 Å². The van der Waals surface area contributed by atoms with Gasteiger partial charge in [0.2, 0.25) is 0 Å². The van der Waals surface area contributed by atoms with Crippen LogP contribution in [0.15, 0.2) is 11.0 Å². The van der Waals surface area contributed by atoms with Gasteiger partial charge in [-0.05, 0) is 56.9 Å². The van der Waals surface area contributed by atoms with E-state index in [2.05, 4.69) is 0 Å². The molecule has 0 unspecified atom stereocenters. The maximum absolute atomic E-state index is 12.0. The van der Waals surface area contributed by atoms with E-state index in [1.54, 1.807) is 6.92 Å². The molecule has 0 atom stereocenters. The van der Waals surface area contributed by atoms with E-state index in [4.69, 9.17) is 4.18 Å². The van der Waals surface area contributed by atoms with Crippen LogP contribution in [0.25, 0.3) is 0 Å². The minimum Gasteiger partial charge on any atom is -0.267 e. The number of benzene rings is 1. The molecular formula is C12H18O3S. The minimum absolute atomic E-state index is 0.161. The Balaban J connectivity index is 3.56. The molecule has 0 aliphatic carbocycles. The molecule has 0 saturated carbocycles. The van der Waals surface area contributed by atoms with Crippen molar-refractivity contribution >= 4 is 10.1 Å². The molecule has 4 heteroatoms. The molecule has 0 bridgehead atoms. The molecule has 1 aromatic carbocycles. The van der Waals surface area contributed by atoms with Gasteiger partial charge in [0.1, 0.15) is 4.90 Å². The van der Waals surface area contributed by atoms with Gasteiger partial charge in [-0.3, -0.25) is 4.18 Å². The zero-order valence-electron chi connectivity index (χ0n) is 10.4. The Hall–Kier alpha value is -0.870. The van der Waals surface area contributed by atoms with Gasteiger partial charge in [-0.25, -0.2) is 0 Å². The lowest BCUT2D eigenvalue weighted by Gasteiger charge is -2.14. The normalized spacial score (nSPS) is 11.8. The van der Waals surface area contributed by atoms with Crippen LogP contribution in [0.5, 0.6) is 0 Å². The Morgan fingerprint density at radius 1 is 1.06 bits per heavy atom. The summed E-state index contributed by atoms with van der Waals surface area (Å²) in [6, 6.07) is 2.00. The third-order valence-corrected chi connectivity index (χ3v) is 4.48. The summed E-state index contributed by atoms with van der Waals surface area (Å²) in [6.07, 6.45) is 0.